The first-order chi connectivity index (χ1) is 20.5. The van der Waals surface area contributed by atoms with E-state index >= 15 is 0 Å². The summed E-state index contributed by atoms with van der Waals surface area (Å²) < 4.78 is 11.1. The number of fused-ring (bicyclic) bond motifs is 5. The molecule has 1 aromatic rings. The van der Waals surface area contributed by atoms with Gasteiger partial charge in [0.2, 0.25) is 0 Å². The van der Waals surface area contributed by atoms with E-state index in [1.165, 1.54) is 64.6 Å². The van der Waals surface area contributed by atoms with Gasteiger partial charge in [0.25, 0.3) is 0 Å². The standard InChI is InChI=1S/C39H58O4/c1-8-28(25(2)3)12-9-26(4)32-15-16-33-31-14-13-29-24-30(19-21-38(29,5)34(31)20-22-39(32,33)6)43-37(41)18-11-27-10-17-35(40)36(23-27)42-7/h10-11,13,17-18,23,25-26,28,30-34,40H,8-9,12,14-16,19-22,24H2,1-7H3/b18-11-/t26-,28-,30+,31+,32-,33?,34+,38+,39-/m1/s1. The average molecular weight is 591 g/mol. The number of esters is 1. The van der Waals surface area contributed by atoms with E-state index in [0.29, 0.717) is 11.2 Å². The number of hydrogen-bond donors (Lipinski definition) is 1. The second-order valence-electron chi connectivity index (χ2n) is 15.5. The third-order valence-electron chi connectivity index (χ3n) is 13.2. The van der Waals surface area contributed by atoms with Crippen LogP contribution in [0.3, 0.4) is 0 Å². The molecule has 0 saturated heterocycles. The molecule has 4 heteroatoms. The van der Waals surface area contributed by atoms with Gasteiger partial charge < -0.3 is 14.6 Å². The molecule has 1 unspecified atom stereocenters. The Morgan fingerprint density at radius 2 is 1.86 bits per heavy atom. The van der Waals surface area contributed by atoms with Crippen LogP contribution in [-0.2, 0) is 9.53 Å². The molecule has 3 fully saturated rings. The van der Waals surface area contributed by atoms with Gasteiger partial charge in [-0.3, -0.25) is 0 Å². The fourth-order valence-electron chi connectivity index (χ4n) is 10.6. The van der Waals surface area contributed by atoms with Gasteiger partial charge in [-0.1, -0.05) is 72.1 Å². The van der Waals surface area contributed by atoms with E-state index in [9.17, 15) is 9.90 Å². The number of allylic oxidation sites excluding steroid dienone is 1. The number of carbonyl (C=O) groups excluding carboxylic acids is 1. The minimum atomic E-state index is -0.298. The van der Waals surface area contributed by atoms with Crippen LogP contribution in [0, 0.1) is 52.3 Å². The van der Waals surface area contributed by atoms with Gasteiger partial charge in [0.05, 0.1) is 7.11 Å². The average Bonchev–Trinajstić information content (AvgIpc) is 3.34. The van der Waals surface area contributed by atoms with Crippen LogP contribution in [0.1, 0.15) is 118 Å². The second-order valence-corrected chi connectivity index (χ2v) is 15.5. The first-order valence-electron chi connectivity index (χ1n) is 17.4. The first kappa shape index (κ1) is 32.2. The third kappa shape index (κ3) is 6.32. The van der Waals surface area contributed by atoms with E-state index in [-0.39, 0.29) is 23.2 Å². The van der Waals surface area contributed by atoms with Gasteiger partial charge in [-0.25, -0.2) is 4.79 Å². The predicted molar refractivity (Wildman–Crippen MR) is 176 cm³/mol. The highest BCUT2D eigenvalue weighted by Gasteiger charge is 2.59. The summed E-state index contributed by atoms with van der Waals surface area (Å²) in [5.41, 5.74) is 3.09. The summed E-state index contributed by atoms with van der Waals surface area (Å²) in [7, 11) is 1.52. The Hall–Kier alpha value is -2.23. The number of benzene rings is 1. The zero-order valence-corrected chi connectivity index (χ0v) is 28.0. The van der Waals surface area contributed by atoms with Crippen molar-refractivity contribution in [3.8, 4) is 11.5 Å². The summed E-state index contributed by atoms with van der Waals surface area (Å²) in [6.07, 6.45) is 19.6. The van der Waals surface area contributed by atoms with E-state index in [1.54, 1.807) is 29.8 Å². The van der Waals surface area contributed by atoms with Crippen molar-refractivity contribution in [2.75, 3.05) is 7.11 Å². The second kappa shape index (κ2) is 13.0. The zero-order valence-electron chi connectivity index (χ0n) is 28.0. The van der Waals surface area contributed by atoms with Gasteiger partial charge in [-0.15, -0.1) is 0 Å². The van der Waals surface area contributed by atoms with Crippen LogP contribution in [-0.4, -0.2) is 24.3 Å². The highest BCUT2D eigenvalue weighted by atomic mass is 16.5. The first-order valence-corrected chi connectivity index (χ1v) is 17.4. The number of ether oxygens (including phenoxy) is 2. The van der Waals surface area contributed by atoms with Crippen molar-refractivity contribution in [1.82, 2.24) is 0 Å². The number of methoxy groups -OCH3 is 1. The lowest BCUT2D eigenvalue weighted by Crippen LogP contribution is -2.51. The lowest BCUT2D eigenvalue weighted by Gasteiger charge is -2.58. The molecule has 0 heterocycles. The van der Waals surface area contributed by atoms with Gasteiger partial charge >= 0.3 is 5.97 Å². The maximum absolute atomic E-state index is 12.7. The molecule has 0 amide bonds. The lowest BCUT2D eigenvalue weighted by atomic mass is 9.47. The molecule has 1 aromatic carbocycles. The Kier molecular flexibility index (Phi) is 9.74. The largest absolute Gasteiger partial charge is 0.504 e. The molecule has 0 aromatic heterocycles. The summed E-state index contributed by atoms with van der Waals surface area (Å²) in [5, 5.41) is 9.82. The maximum atomic E-state index is 12.7. The Bertz CT molecular complexity index is 1200. The van der Waals surface area contributed by atoms with Crippen LogP contribution in [0.2, 0.25) is 0 Å². The van der Waals surface area contributed by atoms with Crippen molar-refractivity contribution < 1.29 is 19.4 Å². The predicted octanol–water partition coefficient (Wildman–Crippen LogP) is 10.0. The fraction of sp³-hybridized carbons (Fsp3) is 0.718. The molecule has 0 aliphatic heterocycles. The molecule has 4 nitrogen and oxygen atoms in total. The van der Waals surface area contributed by atoms with E-state index in [0.717, 1.165) is 66.3 Å². The van der Waals surface area contributed by atoms with Crippen LogP contribution in [0.25, 0.3) is 6.08 Å². The molecule has 0 bridgehead atoms. The van der Waals surface area contributed by atoms with Crippen LogP contribution in [0.5, 0.6) is 11.5 Å². The van der Waals surface area contributed by atoms with Crippen LogP contribution in [0.4, 0.5) is 0 Å². The van der Waals surface area contributed by atoms with Crippen molar-refractivity contribution in [3.63, 3.8) is 0 Å². The molecule has 0 radical (unpaired) electrons. The summed E-state index contributed by atoms with van der Waals surface area (Å²) in [6.45, 7) is 15.0. The molecule has 9 atom stereocenters. The Labute approximate surface area is 261 Å². The van der Waals surface area contributed by atoms with E-state index in [1.807, 2.05) is 0 Å². The van der Waals surface area contributed by atoms with Gasteiger partial charge in [0.1, 0.15) is 6.10 Å². The van der Waals surface area contributed by atoms with Crippen molar-refractivity contribution in [3.05, 3.63) is 41.5 Å². The minimum absolute atomic E-state index is 0.0502. The number of aromatic hydroxyl groups is 1. The van der Waals surface area contributed by atoms with Gasteiger partial charge in [0.15, 0.2) is 11.5 Å². The topological polar surface area (TPSA) is 55.8 Å². The van der Waals surface area contributed by atoms with Crippen LogP contribution < -0.4 is 4.74 Å². The number of rotatable bonds is 10. The molecule has 3 saturated carbocycles. The molecule has 1 N–H and O–H groups in total. The maximum Gasteiger partial charge on any atom is 0.331 e. The normalized spacial score (nSPS) is 35.1. The Morgan fingerprint density at radius 1 is 1.07 bits per heavy atom. The zero-order chi connectivity index (χ0) is 30.9. The molecule has 0 spiro atoms. The van der Waals surface area contributed by atoms with Crippen LogP contribution in [0.15, 0.2) is 35.9 Å². The van der Waals surface area contributed by atoms with Gasteiger partial charge in [-0.05, 0) is 127 Å². The molecule has 5 rings (SSSR count). The molecular weight excluding hydrogens is 532 g/mol. The summed E-state index contributed by atoms with van der Waals surface area (Å²) >= 11 is 0. The number of phenols is 1. The Balaban J connectivity index is 1.20. The molecule has 238 valence electrons. The SMILES string of the molecule is CC[C@H](CC[C@@H](C)[C@H]1CCC2[C@@H]3CC=C4C[C@@H](OC(=O)/C=C\c5ccc(O)c(OC)c5)CC[C@]4(C)[C@H]3CC[C@@]21C)C(C)C. The van der Waals surface area contributed by atoms with Gasteiger partial charge in [0, 0.05) is 12.5 Å². The van der Waals surface area contributed by atoms with Crippen molar-refractivity contribution in [2.24, 2.45) is 52.3 Å². The Morgan fingerprint density at radius 3 is 2.58 bits per heavy atom. The van der Waals surface area contributed by atoms with E-state index < -0.39 is 0 Å². The van der Waals surface area contributed by atoms with E-state index in [2.05, 4.69) is 47.6 Å². The summed E-state index contributed by atoms with van der Waals surface area (Å²) in [5.74, 6) is 6.01. The third-order valence-corrected chi connectivity index (χ3v) is 13.2. The van der Waals surface area contributed by atoms with E-state index in [4.69, 9.17) is 9.47 Å². The quantitative estimate of drug-likeness (QED) is 0.167. The molecule has 43 heavy (non-hydrogen) atoms. The fourth-order valence-corrected chi connectivity index (χ4v) is 10.6. The van der Waals surface area contributed by atoms with Gasteiger partial charge in [-0.2, -0.15) is 0 Å². The minimum Gasteiger partial charge on any atom is -0.504 e. The van der Waals surface area contributed by atoms with Crippen molar-refractivity contribution >= 4 is 12.0 Å². The summed E-state index contributed by atoms with van der Waals surface area (Å²) in [6, 6.07) is 5.05. The summed E-state index contributed by atoms with van der Waals surface area (Å²) in [4.78, 5) is 12.7. The number of carbonyl (C=O) groups is 1. The van der Waals surface area contributed by atoms with Crippen molar-refractivity contribution in [2.45, 2.75) is 118 Å². The number of phenolic OH excluding ortho intramolecular Hbond substituents is 1. The molecular formula is C39H58O4. The molecule has 4 aliphatic rings. The highest BCUT2D eigenvalue weighted by Crippen LogP contribution is 2.67. The van der Waals surface area contributed by atoms with Crippen molar-refractivity contribution in [1.29, 1.82) is 0 Å². The lowest BCUT2D eigenvalue weighted by molar-refractivity contribution is -0.145. The number of hydrogen-bond acceptors (Lipinski definition) is 4. The molecule has 4 aliphatic carbocycles. The smallest absolute Gasteiger partial charge is 0.331 e. The highest BCUT2D eigenvalue weighted by molar-refractivity contribution is 5.87. The monoisotopic (exact) mass is 590 g/mol. The van der Waals surface area contributed by atoms with Crippen LogP contribution >= 0.6 is 0 Å².